The number of phenolic OH excluding ortho intramolecular Hbond substituents is 1. The first-order chi connectivity index (χ1) is 9.40. The van der Waals surface area contributed by atoms with Crippen LogP contribution in [0.3, 0.4) is 0 Å². The van der Waals surface area contributed by atoms with Crippen LogP contribution < -0.4 is 10.3 Å². The number of benzene rings is 2. The Kier molecular flexibility index (Phi) is 3.60. The van der Waals surface area contributed by atoms with Gasteiger partial charge in [0.05, 0.1) is 5.69 Å². The second-order valence-corrected chi connectivity index (χ2v) is 4.33. The minimum atomic E-state index is -0.976. The minimum Gasteiger partial charge on any atom is -0.868 e. The Bertz CT molecular complexity index is 649. The van der Waals surface area contributed by atoms with Crippen molar-refractivity contribution in [3.8, 4) is 11.5 Å². The molecular weight excluding hydrogens is 262 g/mol. The number of ketones is 1. The molecule has 0 heterocycles. The van der Waals surface area contributed by atoms with Gasteiger partial charge in [0.2, 0.25) is 0 Å². The molecule has 0 atom stereocenters. The number of phenols is 1. The van der Waals surface area contributed by atoms with Crippen molar-refractivity contribution >= 4 is 11.5 Å². The first-order valence-corrected chi connectivity index (χ1v) is 5.73. The molecule has 6 heteroatoms. The number of aryl methyl sites for hydroxylation is 1. The van der Waals surface area contributed by atoms with Crippen LogP contribution in [0.25, 0.3) is 0 Å². The smallest absolute Gasteiger partial charge is 0.193 e. The first kappa shape index (κ1) is 13.9. The van der Waals surface area contributed by atoms with E-state index in [9.17, 15) is 15.0 Å². The van der Waals surface area contributed by atoms with Crippen molar-refractivity contribution in [2.75, 3.05) is 5.23 Å². The number of nitrogens with zero attached hydrogens (tertiary/aromatic N) is 1. The van der Waals surface area contributed by atoms with E-state index in [1.54, 1.807) is 24.3 Å². The summed E-state index contributed by atoms with van der Waals surface area (Å²) in [7, 11) is 0. The van der Waals surface area contributed by atoms with Crippen molar-refractivity contribution in [1.29, 1.82) is 0 Å². The lowest BCUT2D eigenvalue weighted by Gasteiger charge is -2.19. The van der Waals surface area contributed by atoms with E-state index in [0.29, 0.717) is 5.56 Å². The molecule has 0 radical (unpaired) electrons. The van der Waals surface area contributed by atoms with Gasteiger partial charge in [0.1, 0.15) is 5.75 Å². The van der Waals surface area contributed by atoms with E-state index in [0.717, 1.165) is 17.7 Å². The number of hydrogen-bond acceptors (Lipinski definition) is 6. The largest absolute Gasteiger partial charge is 0.868 e. The molecular formula is C14H12NO5-. The number of rotatable bonds is 3. The Morgan fingerprint density at radius 3 is 2.25 bits per heavy atom. The van der Waals surface area contributed by atoms with Crippen molar-refractivity contribution in [2.45, 2.75) is 6.92 Å². The maximum Gasteiger partial charge on any atom is 0.193 e. The van der Waals surface area contributed by atoms with Crippen LogP contribution in [0, 0.1) is 6.92 Å². The maximum absolute atomic E-state index is 12.2. The monoisotopic (exact) mass is 274 g/mol. The molecule has 0 bridgehead atoms. The van der Waals surface area contributed by atoms with Crippen molar-refractivity contribution < 1.29 is 25.4 Å². The Morgan fingerprint density at radius 2 is 1.70 bits per heavy atom. The summed E-state index contributed by atoms with van der Waals surface area (Å²) in [4.78, 5) is 12.2. The van der Waals surface area contributed by atoms with Gasteiger partial charge in [-0.3, -0.25) is 15.2 Å². The van der Waals surface area contributed by atoms with Crippen molar-refractivity contribution in [1.82, 2.24) is 0 Å². The van der Waals surface area contributed by atoms with Gasteiger partial charge in [0, 0.05) is 11.1 Å². The molecule has 0 amide bonds. The third kappa shape index (κ3) is 2.56. The zero-order chi connectivity index (χ0) is 14.9. The molecule has 6 nitrogen and oxygen atoms in total. The summed E-state index contributed by atoms with van der Waals surface area (Å²) in [6, 6.07) is 8.72. The second kappa shape index (κ2) is 5.20. The lowest BCUT2D eigenvalue weighted by atomic mass is 10.0. The zero-order valence-corrected chi connectivity index (χ0v) is 10.6. The maximum atomic E-state index is 12.2. The average Bonchev–Trinajstić information content (AvgIpc) is 2.41. The summed E-state index contributed by atoms with van der Waals surface area (Å²) in [6.07, 6.45) is 0. The molecule has 0 aromatic heterocycles. The Morgan fingerprint density at radius 1 is 1.10 bits per heavy atom. The van der Waals surface area contributed by atoms with Gasteiger partial charge >= 0.3 is 0 Å². The van der Waals surface area contributed by atoms with Gasteiger partial charge in [-0.05, 0) is 24.8 Å². The summed E-state index contributed by atoms with van der Waals surface area (Å²) in [5.41, 5.74) is 0.730. The van der Waals surface area contributed by atoms with E-state index >= 15 is 0 Å². The molecule has 0 fully saturated rings. The van der Waals surface area contributed by atoms with Gasteiger partial charge in [0.15, 0.2) is 5.78 Å². The van der Waals surface area contributed by atoms with Crippen LogP contribution in [0.4, 0.5) is 5.69 Å². The highest BCUT2D eigenvalue weighted by Crippen LogP contribution is 2.34. The van der Waals surface area contributed by atoms with Gasteiger partial charge in [0.25, 0.3) is 0 Å². The highest BCUT2D eigenvalue weighted by molar-refractivity contribution is 6.10. The summed E-state index contributed by atoms with van der Waals surface area (Å²) in [5.74, 6) is -2.15. The van der Waals surface area contributed by atoms with Crippen molar-refractivity contribution in [2.24, 2.45) is 0 Å². The van der Waals surface area contributed by atoms with Gasteiger partial charge in [-0.1, -0.05) is 29.8 Å². The van der Waals surface area contributed by atoms with Crippen LogP contribution in [-0.2, 0) is 0 Å². The number of hydrogen-bond donors (Lipinski definition) is 3. The number of carbonyl (C=O) groups excluding carboxylic acids is 1. The Hall–Kier alpha value is -2.57. The highest BCUT2D eigenvalue weighted by atomic mass is 16.8. The number of carbonyl (C=O) groups is 1. The van der Waals surface area contributed by atoms with Crippen LogP contribution >= 0.6 is 0 Å². The zero-order valence-electron chi connectivity index (χ0n) is 10.6. The van der Waals surface area contributed by atoms with Gasteiger partial charge < -0.3 is 10.2 Å². The lowest BCUT2D eigenvalue weighted by Crippen LogP contribution is -2.15. The van der Waals surface area contributed by atoms with Crippen LogP contribution in [0.1, 0.15) is 21.5 Å². The van der Waals surface area contributed by atoms with Crippen molar-refractivity contribution in [3.63, 3.8) is 0 Å². The Labute approximate surface area is 114 Å². The van der Waals surface area contributed by atoms with E-state index < -0.39 is 28.2 Å². The average molecular weight is 274 g/mol. The molecule has 0 aliphatic heterocycles. The molecule has 0 spiro atoms. The Balaban J connectivity index is 2.47. The van der Waals surface area contributed by atoms with E-state index in [1.165, 1.54) is 0 Å². The first-order valence-electron chi connectivity index (χ1n) is 5.73. The van der Waals surface area contributed by atoms with Crippen LogP contribution in [-0.4, -0.2) is 21.3 Å². The van der Waals surface area contributed by atoms with E-state index in [-0.39, 0.29) is 5.56 Å². The standard InChI is InChI=1S/C14H13NO5/c1-8-2-4-9(5-3-8)13(17)10-6-11(15(19)20)14(18)12(16)7-10/h2-7,16,18-20H,1H3/p-1. The van der Waals surface area contributed by atoms with E-state index in [2.05, 4.69) is 0 Å². The summed E-state index contributed by atoms with van der Waals surface area (Å²) < 4.78 is 0. The fourth-order valence-electron chi connectivity index (χ4n) is 1.75. The van der Waals surface area contributed by atoms with Gasteiger partial charge in [-0.15, -0.1) is 5.23 Å². The van der Waals surface area contributed by atoms with E-state index in [1.807, 2.05) is 6.92 Å². The molecule has 0 aliphatic carbocycles. The van der Waals surface area contributed by atoms with Crippen LogP contribution in [0.15, 0.2) is 36.4 Å². The van der Waals surface area contributed by atoms with Crippen LogP contribution in [0.2, 0.25) is 0 Å². The predicted octanol–water partition coefficient (Wildman–Crippen LogP) is 1.59. The number of anilines is 1. The molecule has 0 unspecified atom stereocenters. The van der Waals surface area contributed by atoms with Gasteiger partial charge in [-0.2, -0.15) is 0 Å². The molecule has 2 aromatic carbocycles. The number of aromatic hydroxyl groups is 1. The molecule has 104 valence electrons. The van der Waals surface area contributed by atoms with Gasteiger partial charge in [-0.25, -0.2) is 0 Å². The summed E-state index contributed by atoms with van der Waals surface area (Å²) >= 11 is 0. The fraction of sp³-hybridized carbons (Fsp3) is 0.0714. The molecule has 2 rings (SSSR count). The normalized spacial score (nSPS) is 10.3. The molecule has 0 aliphatic rings. The SMILES string of the molecule is Cc1ccc(C(=O)c2cc(O)c([O-])c(N(O)O)c2)cc1. The fourth-order valence-corrected chi connectivity index (χ4v) is 1.75. The third-order valence-electron chi connectivity index (χ3n) is 2.84. The highest BCUT2D eigenvalue weighted by Gasteiger charge is 2.14. The minimum absolute atomic E-state index is 0.0194. The molecule has 2 aromatic rings. The summed E-state index contributed by atoms with van der Waals surface area (Å²) in [6.45, 7) is 1.87. The third-order valence-corrected chi connectivity index (χ3v) is 2.84. The lowest BCUT2D eigenvalue weighted by molar-refractivity contribution is -0.270. The molecule has 0 saturated heterocycles. The van der Waals surface area contributed by atoms with Crippen molar-refractivity contribution in [3.05, 3.63) is 53.1 Å². The topological polar surface area (TPSA) is 104 Å². The predicted molar refractivity (Wildman–Crippen MR) is 68.2 cm³/mol. The quantitative estimate of drug-likeness (QED) is 0.580. The molecule has 0 saturated carbocycles. The second-order valence-electron chi connectivity index (χ2n) is 4.33. The van der Waals surface area contributed by atoms with Crippen LogP contribution in [0.5, 0.6) is 11.5 Å². The summed E-state index contributed by atoms with van der Waals surface area (Å²) in [5, 5.41) is 38.3. The molecule has 20 heavy (non-hydrogen) atoms. The van der Waals surface area contributed by atoms with E-state index in [4.69, 9.17) is 10.4 Å². The molecule has 3 N–H and O–H groups in total.